The maximum atomic E-state index is 12.4. The third-order valence-corrected chi connectivity index (χ3v) is 6.49. The molecule has 1 heterocycles. The molecule has 6 heteroatoms. The van der Waals surface area contributed by atoms with Crippen molar-refractivity contribution in [1.29, 1.82) is 0 Å². The van der Waals surface area contributed by atoms with E-state index in [0.29, 0.717) is 4.90 Å². The summed E-state index contributed by atoms with van der Waals surface area (Å²) in [7, 11) is -3.46. The van der Waals surface area contributed by atoms with Crippen LogP contribution in [0.1, 0.15) is 29.3 Å². The fraction of sp³-hybridized carbons (Fsp3) is 0.286. The van der Waals surface area contributed by atoms with E-state index < -0.39 is 10.0 Å². The summed E-state index contributed by atoms with van der Waals surface area (Å²) in [6.07, 6.45) is 2.95. The van der Waals surface area contributed by atoms with E-state index in [1.165, 1.54) is 4.88 Å². The van der Waals surface area contributed by atoms with Crippen LogP contribution in [0.25, 0.3) is 0 Å². The number of halogens is 1. The van der Waals surface area contributed by atoms with Crippen molar-refractivity contribution in [2.75, 3.05) is 0 Å². The molecule has 0 amide bonds. The zero-order valence-electron chi connectivity index (χ0n) is 10.7. The Balaban J connectivity index is 1.86. The molecule has 106 valence electrons. The molecule has 0 saturated carbocycles. The van der Waals surface area contributed by atoms with Gasteiger partial charge in [0.1, 0.15) is 0 Å². The van der Waals surface area contributed by atoms with E-state index >= 15 is 0 Å². The van der Waals surface area contributed by atoms with Crippen LogP contribution in [-0.4, -0.2) is 8.42 Å². The molecule has 0 bridgehead atoms. The van der Waals surface area contributed by atoms with Gasteiger partial charge in [-0.15, -0.1) is 11.3 Å². The molecule has 1 N–H and O–H groups in total. The fourth-order valence-electron chi connectivity index (χ4n) is 2.48. The maximum absolute atomic E-state index is 12.4. The summed E-state index contributed by atoms with van der Waals surface area (Å²) < 4.78 is 28.5. The molecule has 1 aromatic heterocycles. The van der Waals surface area contributed by atoms with Crippen LogP contribution in [0.3, 0.4) is 0 Å². The Morgan fingerprint density at radius 2 is 1.95 bits per heavy atom. The summed E-state index contributed by atoms with van der Waals surface area (Å²) in [6.45, 7) is 0. The average molecular weight is 372 g/mol. The van der Waals surface area contributed by atoms with Gasteiger partial charge in [-0.25, -0.2) is 13.1 Å². The van der Waals surface area contributed by atoms with Gasteiger partial charge in [-0.1, -0.05) is 15.9 Å². The summed E-state index contributed by atoms with van der Waals surface area (Å²) in [4.78, 5) is 1.61. The zero-order chi connectivity index (χ0) is 14.2. The van der Waals surface area contributed by atoms with E-state index in [1.807, 2.05) is 11.4 Å². The number of hydrogen-bond acceptors (Lipinski definition) is 3. The number of thiophene rings is 1. The Labute approximate surface area is 131 Å². The second-order valence-electron chi connectivity index (χ2n) is 4.82. The lowest BCUT2D eigenvalue weighted by Gasteiger charge is -2.23. The van der Waals surface area contributed by atoms with Gasteiger partial charge in [-0.05, 0) is 60.5 Å². The van der Waals surface area contributed by atoms with E-state index in [1.54, 1.807) is 35.6 Å². The number of nitrogens with one attached hydrogen (secondary N) is 1. The molecule has 3 nitrogen and oxygen atoms in total. The Morgan fingerprint density at radius 1 is 1.20 bits per heavy atom. The zero-order valence-corrected chi connectivity index (χ0v) is 13.9. The highest BCUT2D eigenvalue weighted by molar-refractivity contribution is 9.10. The highest BCUT2D eigenvalue weighted by Crippen LogP contribution is 2.34. The SMILES string of the molecule is O=S(=O)(NC1CCCc2sccc21)c1ccc(Br)cc1. The largest absolute Gasteiger partial charge is 0.241 e. The highest BCUT2D eigenvalue weighted by atomic mass is 79.9. The molecule has 0 saturated heterocycles. The molecule has 2 aromatic rings. The second-order valence-corrected chi connectivity index (χ2v) is 8.45. The predicted octanol–water partition coefficient (Wildman–Crippen LogP) is 3.87. The van der Waals surface area contributed by atoms with Gasteiger partial charge in [0.2, 0.25) is 10.0 Å². The van der Waals surface area contributed by atoms with Crippen molar-refractivity contribution in [2.45, 2.75) is 30.2 Å². The summed E-state index contributed by atoms with van der Waals surface area (Å²) in [5.41, 5.74) is 1.14. The van der Waals surface area contributed by atoms with Crippen LogP contribution >= 0.6 is 27.3 Å². The maximum Gasteiger partial charge on any atom is 0.241 e. The number of fused-ring (bicyclic) bond motifs is 1. The molecule has 0 radical (unpaired) electrons. The van der Waals surface area contributed by atoms with E-state index in [9.17, 15) is 8.42 Å². The number of rotatable bonds is 3. The lowest BCUT2D eigenvalue weighted by Crippen LogP contribution is -2.30. The minimum absolute atomic E-state index is 0.0985. The van der Waals surface area contributed by atoms with Crippen LogP contribution < -0.4 is 4.72 Å². The molecule has 1 aliphatic rings. The van der Waals surface area contributed by atoms with Crippen molar-refractivity contribution in [3.05, 3.63) is 50.6 Å². The van der Waals surface area contributed by atoms with E-state index in [2.05, 4.69) is 20.7 Å². The first kappa shape index (κ1) is 14.3. The van der Waals surface area contributed by atoms with Crippen molar-refractivity contribution in [3.63, 3.8) is 0 Å². The van der Waals surface area contributed by atoms with Gasteiger partial charge in [-0.2, -0.15) is 0 Å². The van der Waals surface area contributed by atoms with Crippen LogP contribution in [-0.2, 0) is 16.4 Å². The first-order valence-corrected chi connectivity index (χ1v) is 9.56. The van der Waals surface area contributed by atoms with Gasteiger partial charge in [0, 0.05) is 15.4 Å². The molecule has 0 fully saturated rings. The molecule has 20 heavy (non-hydrogen) atoms. The molecule has 3 rings (SSSR count). The smallest absolute Gasteiger partial charge is 0.207 e. The summed E-state index contributed by atoms with van der Waals surface area (Å²) in [6, 6.07) is 8.65. The van der Waals surface area contributed by atoms with Gasteiger partial charge in [0.05, 0.1) is 4.90 Å². The number of aryl methyl sites for hydroxylation is 1. The normalized spacial score (nSPS) is 18.8. The molecule has 1 aromatic carbocycles. The van der Waals surface area contributed by atoms with Gasteiger partial charge >= 0.3 is 0 Å². The van der Waals surface area contributed by atoms with E-state index in [4.69, 9.17) is 0 Å². The van der Waals surface area contributed by atoms with Crippen molar-refractivity contribution in [1.82, 2.24) is 4.72 Å². The fourth-order valence-corrected chi connectivity index (χ4v) is 4.98. The quantitative estimate of drug-likeness (QED) is 0.889. The van der Waals surface area contributed by atoms with Crippen LogP contribution in [0.2, 0.25) is 0 Å². The monoisotopic (exact) mass is 371 g/mol. The van der Waals surface area contributed by atoms with E-state index in [-0.39, 0.29) is 6.04 Å². The first-order valence-electron chi connectivity index (χ1n) is 6.40. The Morgan fingerprint density at radius 3 is 2.70 bits per heavy atom. The second kappa shape index (κ2) is 5.60. The summed E-state index contributed by atoms with van der Waals surface area (Å²) >= 11 is 5.02. The lowest BCUT2D eigenvalue weighted by molar-refractivity contribution is 0.511. The van der Waals surface area contributed by atoms with E-state index in [0.717, 1.165) is 29.3 Å². The molecule has 1 unspecified atom stereocenters. The Hall–Kier alpha value is -0.690. The highest BCUT2D eigenvalue weighted by Gasteiger charge is 2.26. The minimum atomic E-state index is -3.46. The predicted molar refractivity (Wildman–Crippen MR) is 84.5 cm³/mol. The van der Waals surface area contributed by atoms with Crippen molar-refractivity contribution in [2.24, 2.45) is 0 Å². The topological polar surface area (TPSA) is 46.2 Å². The van der Waals surface area contributed by atoms with Gasteiger partial charge in [0.15, 0.2) is 0 Å². The third-order valence-electron chi connectivity index (χ3n) is 3.47. The van der Waals surface area contributed by atoms with Crippen LogP contribution in [0.4, 0.5) is 0 Å². The summed E-state index contributed by atoms with van der Waals surface area (Å²) in [5.74, 6) is 0. The van der Waals surface area contributed by atoms with Gasteiger partial charge in [0.25, 0.3) is 0 Å². The lowest BCUT2D eigenvalue weighted by atomic mass is 9.95. The number of sulfonamides is 1. The number of hydrogen-bond donors (Lipinski definition) is 1. The Bertz CT molecular complexity index is 707. The molecular weight excluding hydrogens is 358 g/mol. The molecule has 0 spiro atoms. The van der Waals surface area contributed by atoms with Crippen LogP contribution in [0.15, 0.2) is 45.1 Å². The van der Waals surface area contributed by atoms with Crippen molar-refractivity contribution < 1.29 is 8.42 Å². The standard InChI is InChI=1S/C14H14BrNO2S2/c15-10-4-6-11(7-5-10)20(17,18)16-13-2-1-3-14-12(13)8-9-19-14/h4-9,13,16H,1-3H2. The molecular formula is C14H14BrNO2S2. The van der Waals surface area contributed by atoms with Gasteiger partial charge < -0.3 is 0 Å². The minimum Gasteiger partial charge on any atom is -0.207 e. The molecule has 0 aliphatic heterocycles. The average Bonchev–Trinajstić information content (AvgIpc) is 2.88. The Kier molecular flexibility index (Phi) is 3.99. The third kappa shape index (κ3) is 2.83. The molecule has 1 aliphatic carbocycles. The van der Waals surface area contributed by atoms with Crippen LogP contribution in [0.5, 0.6) is 0 Å². The first-order chi connectivity index (χ1) is 9.56. The summed E-state index contributed by atoms with van der Waals surface area (Å²) in [5, 5.41) is 2.04. The van der Waals surface area contributed by atoms with Crippen molar-refractivity contribution in [3.8, 4) is 0 Å². The number of benzene rings is 1. The van der Waals surface area contributed by atoms with Gasteiger partial charge in [-0.3, -0.25) is 0 Å². The van der Waals surface area contributed by atoms with Crippen molar-refractivity contribution >= 4 is 37.3 Å². The van der Waals surface area contributed by atoms with Crippen LogP contribution in [0, 0.1) is 0 Å². The molecule has 1 atom stereocenters.